The lowest BCUT2D eigenvalue weighted by Crippen LogP contribution is -2.48. The Hall–Kier alpha value is -3.51. The van der Waals surface area contributed by atoms with Crippen LogP contribution in [0.15, 0.2) is 59.6 Å². The van der Waals surface area contributed by atoms with E-state index in [4.69, 9.17) is 4.74 Å². The summed E-state index contributed by atoms with van der Waals surface area (Å²) in [6, 6.07) is 12.9. The SMILES string of the molecule is Cc1cn(C[C@H]2CN(c3ccc(N4CCN(S(=O)(=O)c5ccccc5)CC4)c(F)c3)C(=O)O2)nn1. The Balaban J connectivity index is 1.23. The van der Waals surface area contributed by atoms with E-state index in [1.807, 2.05) is 11.8 Å². The Morgan fingerprint density at radius 2 is 1.83 bits per heavy atom. The van der Waals surface area contributed by atoms with E-state index in [1.165, 1.54) is 15.3 Å². The summed E-state index contributed by atoms with van der Waals surface area (Å²) in [5.74, 6) is -0.481. The number of piperazine rings is 1. The maximum atomic E-state index is 15.1. The molecule has 0 unspecified atom stereocenters. The van der Waals surface area contributed by atoms with Gasteiger partial charge in [0.2, 0.25) is 10.0 Å². The number of anilines is 2. The first kappa shape index (κ1) is 23.2. The molecule has 12 heteroatoms. The van der Waals surface area contributed by atoms with Crippen molar-refractivity contribution < 1.29 is 22.3 Å². The van der Waals surface area contributed by atoms with Gasteiger partial charge < -0.3 is 9.64 Å². The number of benzene rings is 2. The summed E-state index contributed by atoms with van der Waals surface area (Å²) >= 11 is 0. The Morgan fingerprint density at radius 1 is 1.09 bits per heavy atom. The third-order valence-electron chi connectivity index (χ3n) is 6.12. The van der Waals surface area contributed by atoms with E-state index in [2.05, 4.69) is 10.3 Å². The lowest BCUT2D eigenvalue weighted by Gasteiger charge is -2.35. The molecule has 1 atom stereocenters. The highest BCUT2D eigenvalue weighted by molar-refractivity contribution is 7.89. The normalized spacial score (nSPS) is 19.3. The predicted octanol–water partition coefficient (Wildman–Crippen LogP) is 2.26. The quantitative estimate of drug-likeness (QED) is 0.512. The van der Waals surface area contributed by atoms with Crippen LogP contribution in [0, 0.1) is 12.7 Å². The van der Waals surface area contributed by atoms with E-state index in [1.54, 1.807) is 53.3 Å². The number of aromatic nitrogens is 3. The molecule has 2 fully saturated rings. The van der Waals surface area contributed by atoms with E-state index in [-0.39, 0.29) is 24.5 Å². The number of carbonyl (C=O) groups is 1. The Labute approximate surface area is 202 Å². The smallest absolute Gasteiger partial charge is 0.414 e. The molecular weight excluding hydrogens is 475 g/mol. The molecule has 0 saturated carbocycles. The van der Waals surface area contributed by atoms with Crippen molar-refractivity contribution in [1.82, 2.24) is 19.3 Å². The zero-order valence-electron chi connectivity index (χ0n) is 19.1. The lowest BCUT2D eigenvalue weighted by atomic mass is 10.2. The van der Waals surface area contributed by atoms with Crippen LogP contribution >= 0.6 is 0 Å². The summed E-state index contributed by atoms with van der Waals surface area (Å²) < 4.78 is 49.2. The van der Waals surface area contributed by atoms with Crippen molar-refractivity contribution in [3.8, 4) is 0 Å². The second-order valence-electron chi connectivity index (χ2n) is 8.54. The number of nitrogens with zero attached hydrogens (tertiary/aromatic N) is 6. The van der Waals surface area contributed by atoms with Crippen LogP contribution in [-0.4, -0.2) is 72.6 Å². The first-order valence-corrected chi connectivity index (χ1v) is 12.7. The number of halogens is 1. The minimum atomic E-state index is -3.58. The van der Waals surface area contributed by atoms with Gasteiger partial charge in [-0.15, -0.1) is 5.10 Å². The minimum absolute atomic E-state index is 0.249. The molecule has 35 heavy (non-hydrogen) atoms. The Morgan fingerprint density at radius 3 is 2.49 bits per heavy atom. The maximum Gasteiger partial charge on any atom is 0.414 e. The average molecular weight is 501 g/mol. The van der Waals surface area contributed by atoms with Gasteiger partial charge in [-0.25, -0.2) is 22.3 Å². The van der Waals surface area contributed by atoms with E-state index in [0.29, 0.717) is 31.0 Å². The summed E-state index contributed by atoms with van der Waals surface area (Å²) in [5.41, 5.74) is 1.54. The standard InChI is InChI=1S/C23H25FN6O4S/c1-17-14-28(26-25-17)15-19-16-30(23(31)34-19)18-7-8-22(21(24)13-18)27-9-11-29(12-10-27)35(32,33)20-5-3-2-4-6-20/h2-8,13-14,19H,9-12,15-16H2,1H3/t19-/m0/s1. The van der Waals surface area contributed by atoms with Gasteiger partial charge in [0.25, 0.3) is 0 Å². The molecule has 0 N–H and O–H groups in total. The summed E-state index contributed by atoms with van der Waals surface area (Å²) in [4.78, 5) is 15.8. The average Bonchev–Trinajstić information content (AvgIpc) is 3.44. The maximum absolute atomic E-state index is 15.1. The first-order valence-electron chi connectivity index (χ1n) is 11.3. The van der Waals surface area contributed by atoms with Crippen molar-refractivity contribution >= 4 is 27.5 Å². The fraction of sp³-hybridized carbons (Fsp3) is 0.348. The molecule has 0 bridgehead atoms. The van der Waals surface area contributed by atoms with Crippen molar-refractivity contribution in [2.75, 3.05) is 42.5 Å². The highest BCUT2D eigenvalue weighted by Crippen LogP contribution is 2.29. The second kappa shape index (κ2) is 9.27. The number of rotatable bonds is 6. The Kier molecular flexibility index (Phi) is 6.15. The molecule has 3 aromatic rings. The number of hydrogen-bond acceptors (Lipinski definition) is 7. The zero-order chi connectivity index (χ0) is 24.6. The predicted molar refractivity (Wildman–Crippen MR) is 126 cm³/mol. The minimum Gasteiger partial charge on any atom is -0.442 e. The molecule has 0 aliphatic carbocycles. The molecule has 2 saturated heterocycles. The molecular formula is C23H25FN6O4S. The third-order valence-corrected chi connectivity index (χ3v) is 8.03. The number of ether oxygens (including phenoxy) is 1. The highest BCUT2D eigenvalue weighted by atomic mass is 32.2. The fourth-order valence-corrected chi connectivity index (χ4v) is 5.79. The molecule has 2 aliphatic rings. The van der Waals surface area contributed by atoms with Crippen LogP contribution in [-0.2, 0) is 21.3 Å². The number of cyclic esters (lactones) is 1. The van der Waals surface area contributed by atoms with Crippen molar-refractivity contribution in [1.29, 1.82) is 0 Å². The topological polar surface area (TPSA) is 101 Å². The van der Waals surface area contributed by atoms with E-state index >= 15 is 4.39 Å². The van der Waals surface area contributed by atoms with Crippen molar-refractivity contribution in [3.63, 3.8) is 0 Å². The van der Waals surface area contributed by atoms with Gasteiger partial charge in [-0.2, -0.15) is 4.31 Å². The highest BCUT2D eigenvalue weighted by Gasteiger charge is 2.34. The van der Waals surface area contributed by atoms with Crippen LogP contribution < -0.4 is 9.80 Å². The molecule has 1 aromatic heterocycles. The van der Waals surface area contributed by atoms with Gasteiger partial charge in [0.15, 0.2) is 0 Å². The first-order chi connectivity index (χ1) is 16.8. The van der Waals surface area contributed by atoms with Crippen molar-refractivity contribution in [3.05, 3.63) is 66.2 Å². The van der Waals surface area contributed by atoms with E-state index < -0.39 is 28.0 Å². The number of aryl methyl sites for hydroxylation is 1. The Bertz CT molecular complexity index is 1320. The van der Waals surface area contributed by atoms with Crippen LogP contribution in [0.3, 0.4) is 0 Å². The number of sulfonamides is 1. The molecule has 5 rings (SSSR count). The lowest BCUT2D eigenvalue weighted by molar-refractivity contribution is 0.129. The van der Waals surface area contributed by atoms with Gasteiger partial charge in [-0.3, -0.25) is 4.90 Å². The molecule has 184 valence electrons. The molecule has 0 radical (unpaired) electrons. The molecule has 1 amide bonds. The van der Waals surface area contributed by atoms with Gasteiger partial charge in [0, 0.05) is 32.4 Å². The number of amides is 1. The van der Waals surface area contributed by atoms with Crippen LogP contribution in [0.1, 0.15) is 5.69 Å². The zero-order valence-corrected chi connectivity index (χ0v) is 19.9. The third kappa shape index (κ3) is 4.71. The van der Waals surface area contributed by atoms with Crippen molar-refractivity contribution in [2.45, 2.75) is 24.5 Å². The van der Waals surface area contributed by atoms with Crippen molar-refractivity contribution in [2.24, 2.45) is 0 Å². The number of carbonyl (C=O) groups excluding carboxylic acids is 1. The molecule has 3 heterocycles. The molecule has 2 aromatic carbocycles. The summed E-state index contributed by atoms with van der Waals surface area (Å²) in [6.07, 6.45) is 0.792. The summed E-state index contributed by atoms with van der Waals surface area (Å²) in [7, 11) is -3.58. The van der Waals surface area contributed by atoms with Gasteiger partial charge in [0.1, 0.15) is 11.9 Å². The molecule has 2 aliphatic heterocycles. The van der Waals surface area contributed by atoms with Gasteiger partial charge in [-0.1, -0.05) is 23.4 Å². The monoisotopic (exact) mass is 500 g/mol. The van der Waals surface area contributed by atoms with Crippen LogP contribution in [0.5, 0.6) is 0 Å². The summed E-state index contributed by atoms with van der Waals surface area (Å²) in [6.45, 7) is 3.66. The fourth-order valence-electron chi connectivity index (χ4n) is 4.35. The van der Waals surface area contributed by atoms with E-state index in [0.717, 1.165) is 5.69 Å². The summed E-state index contributed by atoms with van der Waals surface area (Å²) in [5, 5.41) is 7.89. The number of hydrogen-bond donors (Lipinski definition) is 0. The van der Waals surface area contributed by atoms with E-state index in [9.17, 15) is 13.2 Å². The molecule has 10 nitrogen and oxygen atoms in total. The van der Waals surface area contributed by atoms with Crippen LogP contribution in [0.25, 0.3) is 0 Å². The van der Waals surface area contributed by atoms with Gasteiger partial charge >= 0.3 is 6.09 Å². The van der Waals surface area contributed by atoms with Gasteiger partial charge in [0.05, 0.1) is 35.1 Å². The molecule has 0 spiro atoms. The van der Waals surface area contributed by atoms with Crippen LogP contribution in [0.4, 0.5) is 20.6 Å². The van der Waals surface area contributed by atoms with Crippen LogP contribution in [0.2, 0.25) is 0 Å². The van der Waals surface area contributed by atoms with Gasteiger partial charge in [-0.05, 0) is 37.3 Å². The largest absolute Gasteiger partial charge is 0.442 e. The second-order valence-corrected chi connectivity index (χ2v) is 10.5.